The molecule has 0 bridgehead atoms. The van der Waals surface area contributed by atoms with Gasteiger partial charge in [0.25, 0.3) is 0 Å². The molecule has 1 rings (SSSR count). The summed E-state index contributed by atoms with van der Waals surface area (Å²) < 4.78 is 0. The Morgan fingerprint density at radius 3 is 2.87 bits per heavy atom. The summed E-state index contributed by atoms with van der Waals surface area (Å²) in [6.45, 7) is 7.82. The molecule has 86 valence electrons. The number of H-pyrrole nitrogens is 1. The third kappa shape index (κ3) is 4.95. The minimum Gasteiger partial charge on any atom is -0.393 e. The molecule has 4 nitrogen and oxygen atoms in total. The highest BCUT2D eigenvalue weighted by Gasteiger charge is 2.19. The maximum atomic E-state index is 9.33. The number of imidazole rings is 1. The number of aromatic nitrogens is 2. The molecule has 1 unspecified atom stereocenters. The summed E-state index contributed by atoms with van der Waals surface area (Å²) in [5, 5.41) is 12.7. The molecule has 1 atom stereocenters. The highest BCUT2D eigenvalue weighted by atomic mass is 16.3. The fourth-order valence-corrected chi connectivity index (χ4v) is 1.79. The highest BCUT2D eigenvalue weighted by molar-refractivity contribution is 4.93. The van der Waals surface area contributed by atoms with Crippen molar-refractivity contribution in [3.05, 3.63) is 18.2 Å². The van der Waals surface area contributed by atoms with Crippen LogP contribution in [0.15, 0.2) is 12.5 Å². The molecule has 4 heteroatoms. The van der Waals surface area contributed by atoms with Gasteiger partial charge in [0.05, 0.1) is 12.4 Å². The van der Waals surface area contributed by atoms with Gasteiger partial charge in [-0.3, -0.25) is 0 Å². The number of nitrogens with one attached hydrogen (secondary N) is 2. The Labute approximate surface area is 91.1 Å². The second kappa shape index (κ2) is 5.28. The van der Waals surface area contributed by atoms with E-state index in [1.165, 1.54) is 0 Å². The number of nitrogens with zero attached hydrogens (tertiary/aromatic N) is 1. The van der Waals surface area contributed by atoms with Crippen molar-refractivity contribution in [3.63, 3.8) is 0 Å². The van der Waals surface area contributed by atoms with Crippen LogP contribution in [0.25, 0.3) is 0 Å². The van der Waals surface area contributed by atoms with E-state index in [0.717, 1.165) is 25.2 Å². The van der Waals surface area contributed by atoms with Crippen molar-refractivity contribution in [3.8, 4) is 0 Å². The molecule has 0 aromatic carbocycles. The van der Waals surface area contributed by atoms with E-state index in [4.69, 9.17) is 0 Å². The van der Waals surface area contributed by atoms with Crippen molar-refractivity contribution >= 4 is 0 Å². The fourth-order valence-electron chi connectivity index (χ4n) is 1.79. The molecule has 0 fully saturated rings. The molecular formula is C11H21N3O. The zero-order valence-electron chi connectivity index (χ0n) is 9.75. The van der Waals surface area contributed by atoms with E-state index in [0.29, 0.717) is 0 Å². The van der Waals surface area contributed by atoms with Crippen LogP contribution in [0.2, 0.25) is 0 Å². The van der Waals surface area contributed by atoms with Crippen molar-refractivity contribution in [2.24, 2.45) is 5.41 Å². The van der Waals surface area contributed by atoms with Crippen LogP contribution < -0.4 is 5.32 Å². The summed E-state index contributed by atoms with van der Waals surface area (Å²) >= 11 is 0. The zero-order chi connectivity index (χ0) is 11.3. The number of rotatable bonds is 6. The Balaban J connectivity index is 2.24. The number of aromatic amines is 1. The first-order valence-electron chi connectivity index (χ1n) is 5.36. The summed E-state index contributed by atoms with van der Waals surface area (Å²) in [7, 11) is 0. The van der Waals surface area contributed by atoms with Crippen LogP contribution in [0.1, 0.15) is 32.9 Å². The number of aliphatic hydroxyl groups is 1. The Hall–Kier alpha value is -0.870. The molecule has 0 radical (unpaired) electrons. The normalized spacial score (nSPS) is 14.1. The van der Waals surface area contributed by atoms with E-state index in [-0.39, 0.29) is 11.5 Å². The van der Waals surface area contributed by atoms with Gasteiger partial charge in [-0.1, -0.05) is 13.8 Å². The number of hydrogen-bond donors (Lipinski definition) is 3. The second-order valence-electron chi connectivity index (χ2n) is 4.90. The molecule has 0 aliphatic rings. The maximum absolute atomic E-state index is 9.33. The van der Waals surface area contributed by atoms with E-state index in [1.54, 1.807) is 6.33 Å². The van der Waals surface area contributed by atoms with Crippen LogP contribution in [0.4, 0.5) is 0 Å². The quantitative estimate of drug-likeness (QED) is 0.664. The third-order valence-corrected chi connectivity index (χ3v) is 2.32. The van der Waals surface area contributed by atoms with Crippen LogP contribution >= 0.6 is 0 Å². The molecule has 0 aliphatic carbocycles. The molecular weight excluding hydrogens is 190 g/mol. The predicted molar refractivity (Wildman–Crippen MR) is 60.4 cm³/mol. The van der Waals surface area contributed by atoms with Crippen molar-refractivity contribution in [1.29, 1.82) is 0 Å². The topological polar surface area (TPSA) is 60.9 Å². The number of aliphatic hydroxyl groups excluding tert-OH is 1. The minimum atomic E-state index is -0.242. The van der Waals surface area contributed by atoms with Crippen LogP contribution in [-0.2, 0) is 6.54 Å². The van der Waals surface area contributed by atoms with Gasteiger partial charge in [0.1, 0.15) is 0 Å². The van der Waals surface area contributed by atoms with Gasteiger partial charge in [-0.05, 0) is 18.8 Å². The second-order valence-corrected chi connectivity index (χ2v) is 4.90. The average Bonchev–Trinajstić information content (AvgIpc) is 2.53. The van der Waals surface area contributed by atoms with Gasteiger partial charge < -0.3 is 15.4 Å². The minimum absolute atomic E-state index is 0.119. The molecule has 1 aromatic rings. The lowest BCUT2D eigenvalue weighted by Gasteiger charge is -2.26. The predicted octanol–water partition coefficient (Wildman–Crippen LogP) is 1.30. The van der Waals surface area contributed by atoms with Crippen LogP contribution in [0.3, 0.4) is 0 Å². The van der Waals surface area contributed by atoms with Gasteiger partial charge in [0.15, 0.2) is 0 Å². The largest absolute Gasteiger partial charge is 0.393 e. The molecule has 0 aliphatic heterocycles. The van der Waals surface area contributed by atoms with Gasteiger partial charge in [-0.15, -0.1) is 0 Å². The summed E-state index contributed by atoms with van der Waals surface area (Å²) in [4.78, 5) is 6.99. The van der Waals surface area contributed by atoms with Gasteiger partial charge in [0, 0.05) is 25.0 Å². The van der Waals surface area contributed by atoms with Gasteiger partial charge in [0.2, 0.25) is 0 Å². The summed E-state index contributed by atoms with van der Waals surface area (Å²) in [6, 6.07) is 0. The lowest BCUT2D eigenvalue weighted by atomic mass is 9.87. The first-order chi connectivity index (χ1) is 6.99. The Morgan fingerprint density at radius 1 is 1.60 bits per heavy atom. The first-order valence-corrected chi connectivity index (χ1v) is 5.36. The molecule has 3 N–H and O–H groups in total. The van der Waals surface area contributed by atoms with E-state index >= 15 is 0 Å². The van der Waals surface area contributed by atoms with E-state index in [9.17, 15) is 5.11 Å². The van der Waals surface area contributed by atoms with E-state index in [1.807, 2.05) is 13.1 Å². The monoisotopic (exact) mass is 211 g/mol. The summed E-state index contributed by atoms with van der Waals surface area (Å²) in [6.07, 6.45) is 4.06. The molecule has 0 saturated carbocycles. The van der Waals surface area contributed by atoms with Crippen molar-refractivity contribution in [1.82, 2.24) is 15.3 Å². The summed E-state index contributed by atoms with van der Waals surface area (Å²) in [5.74, 6) is 0. The van der Waals surface area contributed by atoms with Gasteiger partial charge in [-0.2, -0.15) is 0 Å². The zero-order valence-corrected chi connectivity index (χ0v) is 9.75. The molecule has 1 aromatic heterocycles. The van der Waals surface area contributed by atoms with Crippen LogP contribution in [0, 0.1) is 5.41 Å². The van der Waals surface area contributed by atoms with E-state index < -0.39 is 0 Å². The van der Waals surface area contributed by atoms with Crippen molar-refractivity contribution < 1.29 is 5.11 Å². The van der Waals surface area contributed by atoms with Crippen molar-refractivity contribution in [2.45, 2.75) is 39.8 Å². The Bertz CT molecular complexity index is 267. The standard InChI is InChI=1S/C11H21N3O/c1-9(15)4-11(2,3)7-12-5-10-6-13-8-14-10/h6,8-9,12,15H,4-5,7H2,1-3H3,(H,13,14). The van der Waals surface area contributed by atoms with Crippen LogP contribution in [0.5, 0.6) is 0 Å². The van der Waals surface area contributed by atoms with Crippen LogP contribution in [-0.4, -0.2) is 27.7 Å². The Kier molecular flexibility index (Phi) is 4.29. The lowest BCUT2D eigenvalue weighted by molar-refractivity contribution is 0.128. The molecule has 1 heterocycles. The molecule has 15 heavy (non-hydrogen) atoms. The summed E-state index contributed by atoms with van der Waals surface area (Å²) in [5.41, 5.74) is 1.21. The third-order valence-electron chi connectivity index (χ3n) is 2.32. The SMILES string of the molecule is CC(O)CC(C)(C)CNCc1cnc[nH]1. The Morgan fingerprint density at radius 2 is 2.33 bits per heavy atom. The molecule has 0 saturated heterocycles. The smallest absolute Gasteiger partial charge is 0.0922 e. The molecule has 0 amide bonds. The lowest BCUT2D eigenvalue weighted by Crippen LogP contribution is -2.31. The average molecular weight is 211 g/mol. The maximum Gasteiger partial charge on any atom is 0.0922 e. The first kappa shape index (κ1) is 12.2. The van der Waals surface area contributed by atoms with Gasteiger partial charge in [-0.25, -0.2) is 4.98 Å². The van der Waals surface area contributed by atoms with E-state index in [2.05, 4.69) is 29.1 Å². The highest BCUT2D eigenvalue weighted by Crippen LogP contribution is 2.21. The van der Waals surface area contributed by atoms with Gasteiger partial charge >= 0.3 is 0 Å². The fraction of sp³-hybridized carbons (Fsp3) is 0.727. The number of hydrogen-bond acceptors (Lipinski definition) is 3. The molecule has 0 spiro atoms. The van der Waals surface area contributed by atoms with Crippen molar-refractivity contribution in [2.75, 3.05) is 6.54 Å².